The summed E-state index contributed by atoms with van der Waals surface area (Å²) in [7, 11) is 4.16. The van der Waals surface area contributed by atoms with Crippen LogP contribution >= 0.6 is 11.6 Å². The van der Waals surface area contributed by atoms with Crippen LogP contribution in [0.4, 0.5) is 20.2 Å². The Morgan fingerprint density at radius 2 is 1.98 bits per heavy atom. The number of likely N-dealkylation sites (tertiary alicyclic amines) is 1. The molecule has 6 rings (SSSR count). The highest BCUT2D eigenvalue weighted by Gasteiger charge is 2.46. The topological polar surface area (TPSA) is 116 Å². The summed E-state index contributed by atoms with van der Waals surface area (Å²) < 4.78 is 43.6. The Morgan fingerprint density at radius 3 is 2.62 bits per heavy atom. The molecular weight excluding hydrogens is 692 g/mol. The molecule has 2 aromatic rings. The molecule has 4 heterocycles. The molecule has 0 amide bonds. The van der Waals surface area contributed by atoms with Gasteiger partial charge in [0, 0.05) is 41.7 Å². The Labute approximate surface area is 311 Å². The van der Waals surface area contributed by atoms with Crippen LogP contribution in [0.15, 0.2) is 21.3 Å². The highest BCUT2D eigenvalue weighted by molar-refractivity contribution is 6.31. The second kappa shape index (κ2) is 20.3. The number of rotatable bonds is 12. The number of aliphatic imine (C=N–C) groups is 1. The molecule has 2 unspecified atom stereocenters. The molecule has 1 aliphatic carbocycles. The van der Waals surface area contributed by atoms with Crippen molar-refractivity contribution in [2.45, 2.75) is 84.1 Å². The van der Waals surface area contributed by atoms with Crippen LogP contribution in [-0.4, -0.2) is 100 Å². The summed E-state index contributed by atoms with van der Waals surface area (Å²) in [4.78, 5) is 13.0. The number of nitrogens with one attached hydrogen (secondary N) is 1. The third-order valence-corrected chi connectivity index (χ3v) is 10.9. The molecule has 2 saturated heterocycles. The quantitative estimate of drug-likeness (QED) is 0.143. The Kier molecular flexibility index (Phi) is 16.2. The molecule has 2 N–H and O–H groups in total. The number of piperidine rings is 1. The lowest BCUT2D eigenvalue weighted by atomic mass is 9.76. The van der Waals surface area contributed by atoms with E-state index >= 15 is 4.39 Å². The number of aromatic nitrogens is 1. The van der Waals surface area contributed by atoms with Crippen molar-refractivity contribution >= 4 is 41.7 Å². The number of hydrogen-bond donors (Lipinski definition) is 2. The van der Waals surface area contributed by atoms with Crippen LogP contribution in [0.3, 0.4) is 0 Å². The summed E-state index contributed by atoms with van der Waals surface area (Å²) in [5, 5.41) is 23.2. The fourth-order valence-corrected chi connectivity index (χ4v) is 8.03. The number of alkyl halides is 1. The molecule has 52 heavy (non-hydrogen) atoms. The van der Waals surface area contributed by atoms with Crippen LogP contribution in [0.5, 0.6) is 5.88 Å². The molecule has 1 saturated carbocycles. The van der Waals surface area contributed by atoms with Crippen molar-refractivity contribution in [2.24, 2.45) is 20.6 Å². The Bertz CT molecular complexity index is 1750. The van der Waals surface area contributed by atoms with Gasteiger partial charge in [-0.15, -0.1) is 0 Å². The number of fused-ring (bicyclic) bond motifs is 2. The van der Waals surface area contributed by atoms with E-state index in [-0.39, 0.29) is 46.8 Å². The molecule has 1 aromatic carbocycles. The third kappa shape index (κ3) is 9.28. The summed E-state index contributed by atoms with van der Waals surface area (Å²) >= 11 is 6.79. The number of aliphatic hydroxyl groups is 1. The van der Waals surface area contributed by atoms with E-state index in [1.54, 1.807) is 11.1 Å². The van der Waals surface area contributed by atoms with Crippen molar-refractivity contribution in [1.82, 2.24) is 14.8 Å². The van der Waals surface area contributed by atoms with Crippen LogP contribution < -0.4 is 20.5 Å². The first-order valence-electron chi connectivity index (χ1n) is 18.3. The number of azo groups is 1. The molecule has 4 aliphatic rings. The van der Waals surface area contributed by atoms with Crippen molar-refractivity contribution in [1.29, 1.82) is 0 Å². The van der Waals surface area contributed by atoms with Gasteiger partial charge in [-0.25, -0.2) is 14.4 Å². The largest absolute Gasteiger partial charge is 0.480 e. The summed E-state index contributed by atoms with van der Waals surface area (Å²) in [6.07, 6.45) is 12.9. The molecule has 11 nitrogen and oxygen atoms in total. The summed E-state index contributed by atoms with van der Waals surface area (Å²) in [5.41, 5.74) is 1.47. The molecule has 3 aliphatic heterocycles. The number of hydrogen-bond acceptors (Lipinski definition) is 11. The van der Waals surface area contributed by atoms with Gasteiger partial charge in [0.2, 0.25) is 5.88 Å². The number of nitrogens with zero attached hydrogens (tertiary/aromatic N) is 6. The maximum Gasteiger partial charge on any atom is 0.227 e. The van der Waals surface area contributed by atoms with Gasteiger partial charge in [-0.05, 0) is 90.2 Å². The number of aliphatic hydroxyl groups excluding tert-OH is 1. The van der Waals surface area contributed by atoms with Crippen molar-refractivity contribution in [3.05, 3.63) is 43.5 Å². The predicted molar refractivity (Wildman–Crippen MR) is 203 cm³/mol. The van der Waals surface area contributed by atoms with E-state index in [0.29, 0.717) is 53.1 Å². The van der Waals surface area contributed by atoms with Crippen molar-refractivity contribution < 1.29 is 28.1 Å². The molecule has 0 spiro atoms. The van der Waals surface area contributed by atoms with Gasteiger partial charge >= 0.3 is 0 Å². The first kappa shape index (κ1) is 41.5. The highest BCUT2D eigenvalue weighted by atomic mass is 35.5. The van der Waals surface area contributed by atoms with Gasteiger partial charge in [-0.2, -0.15) is 10.2 Å². The molecule has 0 radical (unpaired) electrons. The molecular formula is C38H56ClF2N7O4. The molecule has 288 valence electrons. The molecule has 14 heteroatoms. The van der Waals surface area contributed by atoms with Crippen molar-refractivity contribution in [3.8, 4) is 5.88 Å². The Morgan fingerprint density at radius 1 is 1.23 bits per heavy atom. The smallest absolute Gasteiger partial charge is 0.227 e. The van der Waals surface area contributed by atoms with Gasteiger partial charge in [-0.3, -0.25) is 4.39 Å². The lowest BCUT2D eigenvalue weighted by Gasteiger charge is -2.44. The van der Waals surface area contributed by atoms with E-state index in [1.807, 2.05) is 13.0 Å². The first-order valence-corrected chi connectivity index (χ1v) is 18.7. The second-order valence-electron chi connectivity index (χ2n) is 13.6. The normalized spacial score (nSPS) is 21.8. The van der Waals surface area contributed by atoms with Gasteiger partial charge in [0.05, 0.1) is 43.5 Å². The minimum atomic E-state index is -0.664. The summed E-state index contributed by atoms with van der Waals surface area (Å²) in [6.45, 7) is 11.5. The van der Waals surface area contributed by atoms with Crippen LogP contribution in [0.2, 0.25) is 5.02 Å². The molecule has 1 aromatic heterocycles. The average Bonchev–Trinajstić information content (AvgIpc) is 3.83. The van der Waals surface area contributed by atoms with Crippen LogP contribution in [-0.2, 0) is 9.47 Å². The number of benzene rings is 1. The first-order chi connectivity index (χ1) is 25.3. The molecule has 0 bridgehead atoms. The van der Waals surface area contributed by atoms with Crippen LogP contribution in [0, 0.1) is 28.7 Å². The van der Waals surface area contributed by atoms with E-state index in [0.717, 1.165) is 51.9 Å². The minimum absolute atomic E-state index is 0.0162. The van der Waals surface area contributed by atoms with E-state index < -0.39 is 5.82 Å². The van der Waals surface area contributed by atoms with Gasteiger partial charge in [0.1, 0.15) is 29.9 Å². The molecule has 2 atom stereocenters. The number of anilines is 1. The highest BCUT2D eigenvalue weighted by Crippen LogP contribution is 2.47. The number of halogens is 3. The minimum Gasteiger partial charge on any atom is -0.480 e. The molecule has 3 fully saturated rings. The van der Waals surface area contributed by atoms with E-state index in [9.17, 15) is 9.50 Å². The number of methoxy groups -OCH3 is 1. The number of aryl methyl sites for hydroxylation is 1. The average molecular weight is 748 g/mol. The standard InChI is InChI=1S/C32H43ClFN7O3.C5H10O.CH3F/c1-6-7-14-41(19-42)30(35-3)25-28(36-18-44-17-32-11-8-10-23(32)40(4)13-9-12-32)27(34)29(38-31(25)43-5)24-21-16-37-39-22(21)15-20(2)26(24)33;1-2-4-6-5-3-1;1-2/h15-16,23,36,42H,3,6-14,17-19H2,1-2,4-5H3;1-5H2;1H3/b29-24+,30-25-;;. The lowest BCUT2D eigenvalue weighted by molar-refractivity contribution is -0.0217. The van der Waals surface area contributed by atoms with Crippen molar-refractivity contribution in [2.75, 3.05) is 73.0 Å². The fourth-order valence-electron chi connectivity index (χ4n) is 7.78. The zero-order chi connectivity index (χ0) is 37.7. The van der Waals surface area contributed by atoms with Crippen LogP contribution in [0.1, 0.15) is 76.7 Å². The maximum atomic E-state index is 16.9. The van der Waals surface area contributed by atoms with Gasteiger partial charge in [-0.1, -0.05) is 31.4 Å². The zero-order valence-corrected chi connectivity index (χ0v) is 32.2. The Hall–Kier alpha value is -3.23. The fraction of sp³-hybridized carbons (Fsp3) is 0.632. The second-order valence-corrected chi connectivity index (χ2v) is 14.0. The van der Waals surface area contributed by atoms with Crippen molar-refractivity contribution in [3.63, 3.8) is 0 Å². The van der Waals surface area contributed by atoms with E-state index in [2.05, 4.69) is 51.1 Å². The van der Waals surface area contributed by atoms with Gasteiger partial charge in [0.25, 0.3) is 0 Å². The summed E-state index contributed by atoms with van der Waals surface area (Å²) in [5.74, 6) is -0.315. The lowest BCUT2D eigenvalue weighted by Crippen LogP contribution is -2.49. The van der Waals surface area contributed by atoms with Gasteiger partial charge < -0.3 is 34.4 Å². The zero-order valence-electron chi connectivity index (χ0n) is 31.4. The maximum absolute atomic E-state index is 16.9. The monoisotopic (exact) mass is 747 g/mol. The van der Waals surface area contributed by atoms with E-state index in [4.69, 9.17) is 25.8 Å². The number of unbranched alkanes of at least 4 members (excludes halogenated alkanes) is 1. The van der Waals surface area contributed by atoms with Crippen LogP contribution in [0.25, 0.3) is 12.0 Å². The summed E-state index contributed by atoms with van der Waals surface area (Å²) in [6, 6.07) is 2.30. The van der Waals surface area contributed by atoms with E-state index in [1.165, 1.54) is 39.2 Å². The van der Waals surface area contributed by atoms with Gasteiger partial charge in [0.15, 0.2) is 5.82 Å². The third-order valence-electron chi connectivity index (χ3n) is 10.4. The number of pyridine rings is 1. The predicted octanol–water partition coefficient (Wildman–Crippen LogP) is 6.55. The SMILES string of the molecule is C1CCOCC1.C=N/C(=c1/c(OC)n/c(=c2/c(Cl)c(C)cc3c2=CN=N3)c(F)c1NCOCC12CCCC1N(C)CCC2)N(CO)CCCC.CF. The number of ether oxygens (including phenoxy) is 3. The Balaban J connectivity index is 0.000000677.